The van der Waals surface area contributed by atoms with Gasteiger partial charge >= 0.3 is 0 Å². The minimum Gasteiger partial charge on any atom is -0.497 e. The maximum Gasteiger partial charge on any atom is 0.274 e. The first-order chi connectivity index (χ1) is 15.1. The molecule has 0 aliphatic rings. The van der Waals surface area contributed by atoms with Crippen LogP contribution in [0.15, 0.2) is 48.5 Å². The minimum atomic E-state index is -0.294. The fraction of sp³-hybridized carbons (Fsp3) is 0.273. The first-order valence-corrected chi connectivity index (χ1v) is 11.2. The van der Waals surface area contributed by atoms with Crippen LogP contribution in [-0.4, -0.2) is 46.7 Å². The summed E-state index contributed by atoms with van der Waals surface area (Å²) in [4.78, 5) is 24.8. The molecular formula is C22H25N5O3S. The summed E-state index contributed by atoms with van der Waals surface area (Å²) < 4.78 is 6.86. The quantitative estimate of drug-likeness (QED) is 0.532. The summed E-state index contributed by atoms with van der Waals surface area (Å²) in [5.74, 6) is 0.871. The van der Waals surface area contributed by atoms with Crippen LogP contribution in [-0.2, 0) is 12.3 Å². The lowest BCUT2D eigenvalue weighted by Gasteiger charge is -2.09. The van der Waals surface area contributed by atoms with Gasteiger partial charge in [-0.3, -0.25) is 9.59 Å². The van der Waals surface area contributed by atoms with Crippen molar-refractivity contribution < 1.29 is 14.3 Å². The number of nitrogens with zero attached hydrogens (tertiary/aromatic N) is 3. The average molecular weight is 440 g/mol. The standard InChI is InChI=1S/C22H25N5O3S/c1-4-23-21(28)16-8-10-17(11-9-16)27-19(14-31-3)20(25-26-27)22(29)24-13-15-6-5-7-18(12-15)30-2/h5-12H,4,13-14H2,1-3H3,(H,23,28)(H,24,29). The summed E-state index contributed by atoms with van der Waals surface area (Å²) in [6.45, 7) is 2.79. The fourth-order valence-electron chi connectivity index (χ4n) is 3.02. The number of nitrogens with one attached hydrogen (secondary N) is 2. The summed E-state index contributed by atoms with van der Waals surface area (Å²) in [5.41, 5.74) is 3.20. The van der Waals surface area contributed by atoms with Gasteiger partial charge in [0.05, 0.1) is 18.5 Å². The third kappa shape index (κ3) is 5.43. The fourth-order valence-corrected chi connectivity index (χ4v) is 3.55. The maximum atomic E-state index is 12.8. The Kier molecular flexibility index (Phi) is 7.66. The van der Waals surface area contributed by atoms with E-state index in [1.165, 1.54) is 0 Å². The monoisotopic (exact) mass is 439 g/mol. The number of rotatable bonds is 9. The van der Waals surface area contributed by atoms with Gasteiger partial charge in [0.25, 0.3) is 11.8 Å². The predicted molar refractivity (Wildman–Crippen MR) is 121 cm³/mol. The molecule has 0 saturated carbocycles. The Labute approximate surface area is 185 Å². The van der Waals surface area contributed by atoms with Crippen LogP contribution in [0.2, 0.25) is 0 Å². The molecule has 3 rings (SSSR count). The Hall–Kier alpha value is -3.33. The van der Waals surface area contributed by atoms with Gasteiger partial charge in [-0.25, -0.2) is 4.68 Å². The molecule has 0 fully saturated rings. The van der Waals surface area contributed by atoms with Crippen molar-refractivity contribution in [3.8, 4) is 11.4 Å². The summed E-state index contributed by atoms with van der Waals surface area (Å²) in [7, 11) is 1.60. The van der Waals surface area contributed by atoms with Crippen molar-refractivity contribution in [3.05, 3.63) is 71.0 Å². The second-order valence-corrected chi connectivity index (χ2v) is 7.54. The van der Waals surface area contributed by atoms with Crippen molar-refractivity contribution in [1.82, 2.24) is 25.6 Å². The van der Waals surface area contributed by atoms with Gasteiger partial charge in [-0.1, -0.05) is 17.3 Å². The van der Waals surface area contributed by atoms with Crippen LogP contribution in [0, 0.1) is 0 Å². The van der Waals surface area contributed by atoms with Crippen LogP contribution in [0.4, 0.5) is 0 Å². The van der Waals surface area contributed by atoms with Crippen molar-refractivity contribution in [1.29, 1.82) is 0 Å². The van der Waals surface area contributed by atoms with Crippen LogP contribution in [0.1, 0.15) is 39.0 Å². The number of methoxy groups -OCH3 is 1. The molecule has 8 nitrogen and oxygen atoms in total. The van der Waals surface area contributed by atoms with Crippen LogP contribution < -0.4 is 15.4 Å². The highest BCUT2D eigenvalue weighted by molar-refractivity contribution is 7.97. The van der Waals surface area contributed by atoms with E-state index in [2.05, 4.69) is 20.9 Å². The molecule has 0 aliphatic heterocycles. The zero-order valence-electron chi connectivity index (χ0n) is 17.7. The number of ether oxygens (including phenoxy) is 1. The van der Waals surface area contributed by atoms with E-state index in [0.29, 0.717) is 30.1 Å². The molecule has 3 aromatic rings. The van der Waals surface area contributed by atoms with Gasteiger partial charge in [-0.2, -0.15) is 11.8 Å². The van der Waals surface area contributed by atoms with E-state index in [0.717, 1.165) is 17.0 Å². The molecule has 2 aromatic carbocycles. The van der Waals surface area contributed by atoms with Crippen molar-refractivity contribution in [3.63, 3.8) is 0 Å². The SMILES string of the molecule is CCNC(=O)c1ccc(-n2nnc(C(=O)NCc3cccc(OC)c3)c2CSC)cc1. The average Bonchev–Trinajstić information content (AvgIpc) is 3.22. The summed E-state index contributed by atoms with van der Waals surface area (Å²) in [6.07, 6.45) is 1.95. The van der Waals surface area contributed by atoms with E-state index in [-0.39, 0.29) is 17.5 Å². The third-order valence-corrected chi connectivity index (χ3v) is 5.12. The predicted octanol–water partition coefficient (Wildman–Crippen LogP) is 2.82. The highest BCUT2D eigenvalue weighted by Crippen LogP contribution is 2.19. The minimum absolute atomic E-state index is 0.130. The van der Waals surface area contributed by atoms with Crippen molar-refractivity contribution in [2.45, 2.75) is 19.2 Å². The summed E-state index contributed by atoms with van der Waals surface area (Å²) >= 11 is 1.57. The molecule has 9 heteroatoms. The molecule has 1 heterocycles. The summed E-state index contributed by atoms with van der Waals surface area (Å²) in [6, 6.07) is 14.6. The van der Waals surface area contributed by atoms with E-state index >= 15 is 0 Å². The third-order valence-electron chi connectivity index (χ3n) is 4.56. The Bertz CT molecular complexity index is 1050. The van der Waals surface area contributed by atoms with E-state index in [9.17, 15) is 9.59 Å². The smallest absolute Gasteiger partial charge is 0.274 e. The molecule has 0 spiro atoms. The number of thioether (sulfide) groups is 1. The van der Waals surface area contributed by atoms with E-state index in [1.54, 1.807) is 47.8 Å². The van der Waals surface area contributed by atoms with E-state index in [1.807, 2.05) is 37.4 Å². The van der Waals surface area contributed by atoms with Crippen LogP contribution in [0.25, 0.3) is 5.69 Å². The lowest BCUT2D eigenvalue weighted by molar-refractivity contribution is 0.0940. The Morgan fingerprint density at radius 2 is 1.87 bits per heavy atom. The molecule has 31 heavy (non-hydrogen) atoms. The maximum absolute atomic E-state index is 12.8. The van der Waals surface area contributed by atoms with Crippen molar-refractivity contribution in [2.24, 2.45) is 0 Å². The molecule has 0 unspecified atom stereocenters. The highest BCUT2D eigenvalue weighted by Gasteiger charge is 2.20. The number of carbonyl (C=O) groups is 2. The number of amides is 2. The van der Waals surface area contributed by atoms with Gasteiger partial charge in [0.2, 0.25) is 0 Å². The second kappa shape index (κ2) is 10.6. The van der Waals surface area contributed by atoms with Gasteiger partial charge in [0.15, 0.2) is 5.69 Å². The molecule has 0 atom stereocenters. The van der Waals surface area contributed by atoms with Gasteiger partial charge in [0.1, 0.15) is 5.75 Å². The molecule has 0 saturated heterocycles. The highest BCUT2D eigenvalue weighted by atomic mass is 32.2. The first-order valence-electron chi connectivity index (χ1n) is 9.80. The van der Waals surface area contributed by atoms with Crippen LogP contribution >= 0.6 is 11.8 Å². The molecule has 1 aromatic heterocycles. The number of carbonyl (C=O) groups excluding carboxylic acids is 2. The number of hydrogen-bond donors (Lipinski definition) is 2. The van der Waals surface area contributed by atoms with Gasteiger partial charge in [-0.15, -0.1) is 5.10 Å². The van der Waals surface area contributed by atoms with Crippen LogP contribution in [0.3, 0.4) is 0 Å². The van der Waals surface area contributed by atoms with Crippen LogP contribution in [0.5, 0.6) is 5.75 Å². The zero-order chi connectivity index (χ0) is 22.2. The van der Waals surface area contributed by atoms with E-state index < -0.39 is 0 Å². The van der Waals surface area contributed by atoms with Gasteiger partial charge in [0, 0.05) is 24.4 Å². The van der Waals surface area contributed by atoms with Crippen molar-refractivity contribution >= 4 is 23.6 Å². The zero-order valence-corrected chi connectivity index (χ0v) is 18.5. The normalized spacial score (nSPS) is 10.5. The Balaban J connectivity index is 1.79. The number of hydrogen-bond acceptors (Lipinski definition) is 6. The lowest BCUT2D eigenvalue weighted by atomic mass is 10.2. The Morgan fingerprint density at radius 3 is 2.55 bits per heavy atom. The van der Waals surface area contributed by atoms with E-state index in [4.69, 9.17) is 4.74 Å². The van der Waals surface area contributed by atoms with Crippen molar-refractivity contribution in [2.75, 3.05) is 19.9 Å². The topological polar surface area (TPSA) is 98.1 Å². The summed E-state index contributed by atoms with van der Waals surface area (Å²) in [5, 5.41) is 14.0. The second-order valence-electron chi connectivity index (χ2n) is 6.67. The Morgan fingerprint density at radius 1 is 1.10 bits per heavy atom. The molecule has 2 N–H and O–H groups in total. The first kappa shape index (κ1) is 22.4. The molecule has 162 valence electrons. The number of benzene rings is 2. The molecular weight excluding hydrogens is 414 g/mol. The molecule has 2 amide bonds. The van der Waals surface area contributed by atoms with Gasteiger partial charge < -0.3 is 15.4 Å². The number of aromatic nitrogens is 3. The molecule has 0 aliphatic carbocycles. The lowest BCUT2D eigenvalue weighted by Crippen LogP contribution is -2.24. The van der Waals surface area contributed by atoms with Gasteiger partial charge in [-0.05, 0) is 55.1 Å². The molecule has 0 radical (unpaired) electrons. The largest absolute Gasteiger partial charge is 0.497 e. The molecule has 0 bridgehead atoms.